The molecule has 1 aromatic rings. The van der Waals surface area contributed by atoms with Crippen molar-refractivity contribution in [2.75, 3.05) is 20.2 Å². The fraction of sp³-hybridized carbons (Fsp3) is 0.478. The van der Waals surface area contributed by atoms with Crippen molar-refractivity contribution in [2.24, 2.45) is 5.41 Å². The highest BCUT2D eigenvalue weighted by atomic mass is 16.5. The summed E-state index contributed by atoms with van der Waals surface area (Å²) in [4.78, 5) is 26.1. The molecule has 1 fully saturated rings. The molecule has 1 aliphatic heterocycles. The van der Waals surface area contributed by atoms with E-state index < -0.39 is 0 Å². The maximum Gasteiger partial charge on any atom is 0.209 e. The third-order valence-electron chi connectivity index (χ3n) is 5.93. The van der Waals surface area contributed by atoms with Gasteiger partial charge in [-0.15, -0.1) is 5.92 Å². The minimum Gasteiger partial charge on any atom is -0.500 e. The first-order valence-corrected chi connectivity index (χ1v) is 9.47. The number of amides is 1. The van der Waals surface area contributed by atoms with Gasteiger partial charge in [0.1, 0.15) is 5.76 Å². The second-order valence-corrected chi connectivity index (χ2v) is 7.78. The van der Waals surface area contributed by atoms with Crippen LogP contribution in [0.3, 0.4) is 0 Å². The Bertz CT molecular complexity index is 838. The number of carbonyl (C=O) groups excluding carboxylic acids is 2. The maximum atomic E-state index is 13.3. The molecule has 0 atom stereocenters. The molecule has 1 spiro atoms. The molecule has 0 radical (unpaired) electrons. The van der Waals surface area contributed by atoms with Gasteiger partial charge in [0.2, 0.25) is 6.41 Å². The van der Waals surface area contributed by atoms with E-state index in [0.29, 0.717) is 19.5 Å². The normalized spacial score (nSPS) is 19.0. The van der Waals surface area contributed by atoms with Crippen molar-refractivity contribution >= 4 is 17.8 Å². The monoisotopic (exact) mass is 365 g/mol. The number of rotatable bonds is 3. The zero-order valence-corrected chi connectivity index (χ0v) is 16.6. The highest BCUT2D eigenvalue weighted by molar-refractivity contribution is 6.23. The van der Waals surface area contributed by atoms with E-state index in [2.05, 4.69) is 11.8 Å². The SMILES string of the molecule is CC#Cc1cc(C)c(C2=C(OC)CC3(CCN(C=O)CC3)CC2=O)c(C)c1. The van der Waals surface area contributed by atoms with Crippen LogP contribution in [0.15, 0.2) is 17.9 Å². The van der Waals surface area contributed by atoms with E-state index in [-0.39, 0.29) is 11.2 Å². The zero-order chi connectivity index (χ0) is 19.6. The Hall–Kier alpha value is -2.54. The molecular formula is C23H27NO3. The first kappa shape index (κ1) is 19.2. The van der Waals surface area contributed by atoms with Crippen molar-refractivity contribution in [3.63, 3.8) is 0 Å². The van der Waals surface area contributed by atoms with E-state index in [0.717, 1.165) is 59.3 Å². The Morgan fingerprint density at radius 2 is 1.78 bits per heavy atom. The second kappa shape index (κ2) is 7.60. The van der Waals surface area contributed by atoms with Gasteiger partial charge < -0.3 is 9.64 Å². The number of likely N-dealkylation sites (tertiary alicyclic amines) is 1. The highest BCUT2D eigenvalue weighted by Crippen LogP contribution is 2.48. The molecule has 0 N–H and O–H groups in total. The minimum absolute atomic E-state index is 0.0825. The number of ether oxygens (including phenoxy) is 1. The molecule has 1 aromatic carbocycles. The lowest BCUT2D eigenvalue weighted by Gasteiger charge is -2.43. The van der Waals surface area contributed by atoms with Gasteiger partial charge in [0, 0.05) is 31.5 Å². The van der Waals surface area contributed by atoms with Crippen LogP contribution in [0.1, 0.15) is 54.9 Å². The Balaban J connectivity index is 2.01. The predicted octanol–water partition coefficient (Wildman–Crippen LogP) is 3.63. The van der Waals surface area contributed by atoms with Gasteiger partial charge in [-0.2, -0.15) is 0 Å². The topological polar surface area (TPSA) is 46.6 Å². The van der Waals surface area contributed by atoms with Gasteiger partial charge in [-0.3, -0.25) is 9.59 Å². The Morgan fingerprint density at radius 1 is 1.15 bits per heavy atom. The molecule has 2 aliphatic rings. The summed E-state index contributed by atoms with van der Waals surface area (Å²) in [6.07, 6.45) is 3.88. The number of benzene rings is 1. The average Bonchev–Trinajstić information content (AvgIpc) is 2.63. The first-order chi connectivity index (χ1) is 12.9. The summed E-state index contributed by atoms with van der Waals surface area (Å²) in [6.45, 7) is 7.31. The van der Waals surface area contributed by atoms with Crippen LogP contribution >= 0.6 is 0 Å². The largest absolute Gasteiger partial charge is 0.500 e. The van der Waals surface area contributed by atoms with Crippen LogP contribution < -0.4 is 0 Å². The lowest BCUT2D eigenvalue weighted by Crippen LogP contribution is -2.42. The fourth-order valence-corrected chi connectivity index (χ4v) is 4.56. The van der Waals surface area contributed by atoms with E-state index in [1.165, 1.54) is 0 Å². The number of aryl methyl sites for hydroxylation is 2. The third kappa shape index (κ3) is 3.64. The van der Waals surface area contributed by atoms with E-state index in [1.54, 1.807) is 12.0 Å². The molecule has 4 nitrogen and oxygen atoms in total. The van der Waals surface area contributed by atoms with Crippen LogP contribution in [-0.4, -0.2) is 37.3 Å². The molecule has 1 saturated heterocycles. The molecule has 27 heavy (non-hydrogen) atoms. The molecular weight excluding hydrogens is 338 g/mol. The number of nitrogens with zero attached hydrogens (tertiary/aromatic N) is 1. The van der Waals surface area contributed by atoms with Gasteiger partial charge in [-0.05, 0) is 67.9 Å². The van der Waals surface area contributed by atoms with E-state index in [1.807, 2.05) is 32.9 Å². The van der Waals surface area contributed by atoms with E-state index >= 15 is 0 Å². The molecule has 0 unspecified atom stereocenters. The standard InChI is InChI=1S/C23H27NO3/c1-5-6-18-11-16(2)21(17(3)12-18)22-19(26)13-23(14-20(22)27-4)7-9-24(15-25)10-8-23/h11-12,15H,7-10,13-14H2,1-4H3. The van der Waals surface area contributed by atoms with Crippen molar-refractivity contribution in [1.82, 2.24) is 4.90 Å². The summed E-state index contributed by atoms with van der Waals surface area (Å²) in [5.74, 6) is 6.96. The van der Waals surface area contributed by atoms with Crippen molar-refractivity contribution < 1.29 is 14.3 Å². The summed E-state index contributed by atoms with van der Waals surface area (Å²) >= 11 is 0. The molecule has 4 heteroatoms. The predicted molar refractivity (Wildman–Crippen MR) is 106 cm³/mol. The van der Waals surface area contributed by atoms with Gasteiger partial charge in [0.25, 0.3) is 0 Å². The summed E-state index contributed by atoms with van der Waals surface area (Å²) in [6, 6.07) is 4.08. The van der Waals surface area contributed by atoms with Crippen LogP contribution in [0.2, 0.25) is 0 Å². The number of Topliss-reactive ketones (excluding diaryl/α,β-unsaturated/α-hetero) is 1. The van der Waals surface area contributed by atoms with Crippen LogP contribution in [0.5, 0.6) is 0 Å². The molecule has 1 aliphatic carbocycles. The molecule has 3 rings (SSSR count). The van der Waals surface area contributed by atoms with Crippen LogP contribution in [-0.2, 0) is 14.3 Å². The lowest BCUT2D eigenvalue weighted by molar-refractivity contribution is -0.122. The zero-order valence-electron chi connectivity index (χ0n) is 16.6. The highest BCUT2D eigenvalue weighted by Gasteiger charge is 2.43. The number of hydrogen-bond donors (Lipinski definition) is 0. The van der Waals surface area contributed by atoms with Crippen molar-refractivity contribution in [2.45, 2.75) is 46.5 Å². The summed E-state index contributed by atoms with van der Waals surface area (Å²) < 4.78 is 5.74. The molecule has 0 saturated carbocycles. The summed E-state index contributed by atoms with van der Waals surface area (Å²) in [7, 11) is 1.66. The summed E-state index contributed by atoms with van der Waals surface area (Å²) in [5, 5.41) is 0. The molecule has 1 heterocycles. The van der Waals surface area contributed by atoms with Crippen LogP contribution in [0.4, 0.5) is 0 Å². The molecule has 1 amide bonds. The van der Waals surface area contributed by atoms with Crippen LogP contribution in [0, 0.1) is 31.1 Å². The second-order valence-electron chi connectivity index (χ2n) is 7.78. The average molecular weight is 365 g/mol. The Kier molecular flexibility index (Phi) is 5.41. The fourth-order valence-electron chi connectivity index (χ4n) is 4.56. The third-order valence-corrected chi connectivity index (χ3v) is 5.93. The number of allylic oxidation sites excluding steroid dienone is 2. The van der Waals surface area contributed by atoms with Gasteiger partial charge in [-0.1, -0.05) is 5.92 Å². The number of methoxy groups -OCH3 is 1. The number of hydrogen-bond acceptors (Lipinski definition) is 3. The van der Waals surface area contributed by atoms with Gasteiger partial charge in [-0.25, -0.2) is 0 Å². The van der Waals surface area contributed by atoms with E-state index in [9.17, 15) is 9.59 Å². The lowest BCUT2D eigenvalue weighted by atomic mass is 9.66. The quantitative estimate of drug-likeness (QED) is 0.607. The maximum absolute atomic E-state index is 13.3. The van der Waals surface area contributed by atoms with Crippen LogP contribution in [0.25, 0.3) is 5.57 Å². The van der Waals surface area contributed by atoms with Crippen molar-refractivity contribution in [3.05, 3.63) is 40.1 Å². The number of carbonyl (C=O) groups is 2. The van der Waals surface area contributed by atoms with Gasteiger partial charge in [0.05, 0.1) is 12.7 Å². The minimum atomic E-state index is -0.0825. The van der Waals surface area contributed by atoms with E-state index in [4.69, 9.17) is 4.74 Å². The van der Waals surface area contributed by atoms with Crippen molar-refractivity contribution in [3.8, 4) is 11.8 Å². The Labute approximate surface area is 161 Å². The summed E-state index contributed by atoms with van der Waals surface area (Å²) in [5.41, 5.74) is 4.71. The number of piperidine rings is 1. The number of ketones is 1. The molecule has 0 aromatic heterocycles. The smallest absolute Gasteiger partial charge is 0.209 e. The molecule has 0 bridgehead atoms. The van der Waals surface area contributed by atoms with Gasteiger partial charge >= 0.3 is 0 Å². The van der Waals surface area contributed by atoms with Crippen molar-refractivity contribution in [1.29, 1.82) is 0 Å². The molecule has 142 valence electrons. The first-order valence-electron chi connectivity index (χ1n) is 9.47. The van der Waals surface area contributed by atoms with Gasteiger partial charge in [0.15, 0.2) is 5.78 Å². The Morgan fingerprint density at radius 3 is 2.30 bits per heavy atom.